The van der Waals surface area contributed by atoms with E-state index in [2.05, 4.69) is 22.4 Å². The molecule has 0 aromatic carbocycles. The van der Waals surface area contributed by atoms with E-state index in [4.69, 9.17) is 5.84 Å². The third kappa shape index (κ3) is 4.56. The molecule has 0 bridgehead atoms. The van der Waals surface area contributed by atoms with Crippen LogP contribution in [0.15, 0.2) is 6.33 Å². The highest BCUT2D eigenvalue weighted by molar-refractivity contribution is 4.90. The smallest absolute Gasteiger partial charge is 0.138 e. The van der Waals surface area contributed by atoms with E-state index in [1.165, 1.54) is 38.5 Å². The lowest BCUT2D eigenvalue weighted by Crippen LogP contribution is -2.39. The number of nitrogens with zero attached hydrogens (tertiary/aromatic N) is 3. The van der Waals surface area contributed by atoms with Gasteiger partial charge in [0, 0.05) is 19.0 Å². The van der Waals surface area contributed by atoms with Crippen molar-refractivity contribution in [2.24, 2.45) is 11.8 Å². The van der Waals surface area contributed by atoms with Crippen molar-refractivity contribution in [3.63, 3.8) is 0 Å². The Balaban J connectivity index is 1.88. The van der Waals surface area contributed by atoms with Gasteiger partial charge < -0.3 is 0 Å². The summed E-state index contributed by atoms with van der Waals surface area (Å²) >= 11 is 0. The highest BCUT2D eigenvalue weighted by Gasteiger charge is 2.19. The SMILES string of the molecule is CCCn1ncnc1CC(CC1CCCCCC1)NN. The summed E-state index contributed by atoms with van der Waals surface area (Å²) in [6.45, 7) is 3.10. The van der Waals surface area contributed by atoms with E-state index in [0.717, 1.165) is 37.5 Å². The fraction of sp³-hybridized carbons (Fsp3) is 0.867. The lowest BCUT2D eigenvalue weighted by molar-refractivity contribution is 0.345. The predicted octanol–water partition coefficient (Wildman–Crippen LogP) is 2.42. The van der Waals surface area contributed by atoms with E-state index in [1.54, 1.807) is 6.33 Å². The maximum absolute atomic E-state index is 5.76. The first kappa shape index (κ1) is 15.4. The highest BCUT2D eigenvalue weighted by Crippen LogP contribution is 2.26. The second-order valence-electron chi connectivity index (χ2n) is 6.06. The van der Waals surface area contributed by atoms with Gasteiger partial charge in [-0.2, -0.15) is 5.10 Å². The summed E-state index contributed by atoms with van der Waals surface area (Å²) in [7, 11) is 0. The van der Waals surface area contributed by atoms with E-state index >= 15 is 0 Å². The largest absolute Gasteiger partial charge is 0.271 e. The molecule has 1 aliphatic rings. The Hall–Kier alpha value is -0.940. The molecule has 1 aromatic heterocycles. The van der Waals surface area contributed by atoms with Crippen LogP contribution in [0.3, 0.4) is 0 Å². The van der Waals surface area contributed by atoms with Gasteiger partial charge >= 0.3 is 0 Å². The zero-order valence-electron chi connectivity index (χ0n) is 12.7. The molecule has 3 N–H and O–H groups in total. The van der Waals surface area contributed by atoms with Gasteiger partial charge in [-0.1, -0.05) is 45.4 Å². The molecule has 0 spiro atoms. The first-order valence-electron chi connectivity index (χ1n) is 8.16. The fourth-order valence-electron chi connectivity index (χ4n) is 3.28. The molecule has 1 heterocycles. The van der Waals surface area contributed by atoms with Gasteiger partial charge in [0.25, 0.3) is 0 Å². The second kappa shape index (κ2) is 8.37. The minimum Gasteiger partial charge on any atom is -0.271 e. The van der Waals surface area contributed by atoms with Crippen molar-refractivity contribution >= 4 is 0 Å². The molecule has 2 rings (SSSR count). The zero-order valence-corrected chi connectivity index (χ0v) is 12.7. The maximum atomic E-state index is 5.76. The second-order valence-corrected chi connectivity index (χ2v) is 6.06. The van der Waals surface area contributed by atoms with Crippen LogP contribution in [0.25, 0.3) is 0 Å². The fourth-order valence-corrected chi connectivity index (χ4v) is 3.28. The summed E-state index contributed by atoms with van der Waals surface area (Å²) < 4.78 is 2.01. The molecule has 1 aliphatic carbocycles. The topological polar surface area (TPSA) is 68.8 Å². The Kier molecular flexibility index (Phi) is 6.47. The lowest BCUT2D eigenvalue weighted by atomic mass is 9.91. The van der Waals surface area contributed by atoms with Crippen LogP contribution in [0.4, 0.5) is 0 Å². The van der Waals surface area contributed by atoms with Crippen molar-refractivity contribution in [3.8, 4) is 0 Å². The van der Waals surface area contributed by atoms with Gasteiger partial charge in [-0.05, 0) is 18.8 Å². The summed E-state index contributed by atoms with van der Waals surface area (Å²) in [5.41, 5.74) is 3.00. The van der Waals surface area contributed by atoms with Gasteiger partial charge in [0.05, 0.1) is 0 Å². The summed E-state index contributed by atoms with van der Waals surface area (Å²) in [6.07, 6.45) is 13.1. The number of aryl methyl sites for hydroxylation is 1. The third-order valence-electron chi connectivity index (χ3n) is 4.39. The number of nitrogens with two attached hydrogens (primary N) is 1. The Bertz CT molecular complexity index is 368. The van der Waals surface area contributed by atoms with Crippen molar-refractivity contribution in [3.05, 3.63) is 12.2 Å². The molecule has 1 saturated carbocycles. The standard InChI is InChI=1S/C15H29N5/c1-2-9-20-15(17-12-18-20)11-14(19-16)10-13-7-5-3-4-6-8-13/h12-14,19H,2-11,16H2,1H3. The van der Waals surface area contributed by atoms with Crippen molar-refractivity contribution in [2.45, 2.75) is 77.3 Å². The predicted molar refractivity (Wildman–Crippen MR) is 80.9 cm³/mol. The molecule has 0 saturated heterocycles. The Morgan fingerprint density at radius 3 is 2.75 bits per heavy atom. The molecule has 5 heteroatoms. The molecule has 0 amide bonds. The van der Waals surface area contributed by atoms with E-state index < -0.39 is 0 Å². The van der Waals surface area contributed by atoms with Gasteiger partial charge in [0.15, 0.2) is 0 Å². The minimum atomic E-state index is 0.318. The van der Waals surface area contributed by atoms with Crippen LogP contribution in [0.2, 0.25) is 0 Å². The van der Waals surface area contributed by atoms with E-state index in [0.29, 0.717) is 6.04 Å². The number of hydrogen-bond donors (Lipinski definition) is 2. The summed E-state index contributed by atoms with van der Waals surface area (Å²) in [6, 6.07) is 0.318. The number of nitrogens with one attached hydrogen (secondary N) is 1. The van der Waals surface area contributed by atoms with Crippen LogP contribution in [0.1, 0.15) is 64.1 Å². The summed E-state index contributed by atoms with van der Waals surface area (Å²) in [4.78, 5) is 4.39. The van der Waals surface area contributed by atoms with E-state index in [-0.39, 0.29) is 0 Å². The summed E-state index contributed by atoms with van der Waals surface area (Å²) in [5, 5.41) is 4.29. The molecule has 1 unspecified atom stereocenters. The molecular formula is C15H29N5. The van der Waals surface area contributed by atoms with Gasteiger partial charge in [-0.3, -0.25) is 16.0 Å². The van der Waals surface area contributed by atoms with Gasteiger partial charge in [-0.15, -0.1) is 0 Å². The van der Waals surface area contributed by atoms with Gasteiger partial charge in [0.2, 0.25) is 0 Å². The summed E-state index contributed by atoms with van der Waals surface area (Å²) in [5.74, 6) is 7.64. The van der Waals surface area contributed by atoms with Gasteiger partial charge in [0.1, 0.15) is 12.2 Å². The lowest BCUT2D eigenvalue weighted by Gasteiger charge is -2.21. The monoisotopic (exact) mass is 279 g/mol. The molecule has 1 aromatic rings. The Labute approximate surface area is 122 Å². The molecule has 0 aliphatic heterocycles. The first-order valence-corrected chi connectivity index (χ1v) is 8.16. The zero-order chi connectivity index (χ0) is 14.2. The molecular weight excluding hydrogens is 250 g/mol. The molecule has 20 heavy (non-hydrogen) atoms. The Morgan fingerprint density at radius 1 is 1.35 bits per heavy atom. The number of rotatable bonds is 7. The highest BCUT2D eigenvalue weighted by atomic mass is 15.3. The molecule has 0 radical (unpaired) electrons. The maximum Gasteiger partial charge on any atom is 0.138 e. The molecule has 1 fully saturated rings. The van der Waals surface area contributed by atoms with Crippen molar-refractivity contribution in [2.75, 3.05) is 0 Å². The average molecular weight is 279 g/mol. The number of hydrazine groups is 1. The van der Waals surface area contributed by atoms with Crippen LogP contribution < -0.4 is 11.3 Å². The first-order chi connectivity index (χ1) is 9.83. The van der Waals surface area contributed by atoms with Crippen molar-refractivity contribution in [1.29, 1.82) is 0 Å². The molecule has 114 valence electrons. The van der Waals surface area contributed by atoms with E-state index in [9.17, 15) is 0 Å². The van der Waals surface area contributed by atoms with E-state index in [1.807, 2.05) is 4.68 Å². The normalized spacial score (nSPS) is 18.9. The third-order valence-corrected chi connectivity index (χ3v) is 4.39. The van der Waals surface area contributed by atoms with Crippen molar-refractivity contribution in [1.82, 2.24) is 20.2 Å². The van der Waals surface area contributed by atoms with Crippen molar-refractivity contribution < 1.29 is 0 Å². The van der Waals surface area contributed by atoms with Crippen LogP contribution >= 0.6 is 0 Å². The van der Waals surface area contributed by atoms with Crippen LogP contribution in [-0.4, -0.2) is 20.8 Å². The quantitative estimate of drug-likeness (QED) is 0.457. The number of hydrogen-bond acceptors (Lipinski definition) is 4. The van der Waals surface area contributed by atoms with Crippen LogP contribution in [-0.2, 0) is 13.0 Å². The van der Waals surface area contributed by atoms with Gasteiger partial charge in [-0.25, -0.2) is 4.98 Å². The van der Waals surface area contributed by atoms with Crippen LogP contribution in [0, 0.1) is 5.92 Å². The minimum absolute atomic E-state index is 0.318. The molecule has 1 atom stereocenters. The number of aromatic nitrogens is 3. The Morgan fingerprint density at radius 2 is 2.10 bits per heavy atom. The average Bonchev–Trinajstić information content (AvgIpc) is 2.73. The van der Waals surface area contributed by atoms with Crippen LogP contribution in [0.5, 0.6) is 0 Å². The molecule has 5 nitrogen and oxygen atoms in total.